The van der Waals surface area contributed by atoms with Crippen molar-refractivity contribution < 1.29 is 23.4 Å². The molecule has 0 aliphatic heterocycles. The first-order valence-electron chi connectivity index (χ1n) is 6.46. The summed E-state index contributed by atoms with van der Waals surface area (Å²) in [5, 5.41) is 2.04. The predicted molar refractivity (Wildman–Crippen MR) is 54.9 cm³/mol. The van der Waals surface area contributed by atoms with Crippen LogP contribution in [0.3, 0.4) is 0 Å². The average Bonchev–Trinajstić information content (AvgIpc) is 2.30. The molecule has 1 aromatic rings. The smallest absolute Gasteiger partial charge is 0.326 e. The van der Waals surface area contributed by atoms with E-state index >= 15 is 0 Å². The van der Waals surface area contributed by atoms with E-state index < -0.39 is 53.4 Å². The molecule has 0 aromatic heterocycles. The number of alkyl halides is 3. The highest BCUT2D eigenvalue weighted by Crippen LogP contribution is 2.30. The van der Waals surface area contributed by atoms with Crippen molar-refractivity contribution in [2.75, 3.05) is 5.32 Å². The predicted octanol–water partition coefficient (Wildman–Crippen LogP) is 3.30. The van der Waals surface area contributed by atoms with Crippen LogP contribution >= 0.6 is 0 Å². The molecule has 88 valence electrons. The van der Waals surface area contributed by atoms with Crippen molar-refractivity contribution in [1.29, 1.82) is 0 Å². The molecule has 2 nitrogen and oxygen atoms in total. The molecule has 0 fully saturated rings. The maximum atomic E-state index is 12.8. The normalized spacial score (nSPS) is 15.1. The van der Waals surface area contributed by atoms with Gasteiger partial charge in [0.25, 0.3) is 0 Å². The molecule has 0 atom stereocenters. The molecule has 0 radical (unpaired) electrons. The summed E-state index contributed by atoms with van der Waals surface area (Å²) in [6.07, 6.45) is -5.00. The molecular weight excluding hydrogens is 219 g/mol. The fourth-order valence-corrected chi connectivity index (χ4v) is 0.816. The highest BCUT2D eigenvalue weighted by atomic mass is 19.4. The van der Waals surface area contributed by atoms with E-state index in [4.69, 9.17) is 5.48 Å². The van der Waals surface area contributed by atoms with Crippen molar-refractivity contribution in [3.05, 3.63) is 29.7 Å². The molecule has 1 rings (SSSR count). The molecule has 5 heteroatoms. The van der Waals surface area contributed by atoms with Crippen LogP contribution in [0.5, 0.6) is 0 Å². The Kier molecular flexibility index (Phi) is 2.19. The van der Waals surface area contributed by atoms with Crippen molar-refractivity contribution in [2.45, 2.75) is 20.0 Å². The Bertz CT molecular complexity index is 558. The molecule has 1 N–H and O–H groups in total. The first kappa shape index (κ1) is 7.70. The Labute approximate surface area is 97.1 Å². The largest absolute Gasteiger partial charge is 0.416 e. The van der Waals surface area contributed by atoms with Gasteiger partial charge in [-0.1, -0.05) is 19.9 Å². The van der Waals surface area contributed by atoms with Crippen molar-refractivity contribution in [2.24, 2.45) is 5.92 Å². The van der Waals surface area contributed by atoms with E-state index in [1.807, 2.05) is 5.32 Å². The number of carbonyl (C=O) groups is 1. The first-order chi connectivity index (χ1) is 8.98. The minimum atomic E-state index is -5.00. The summed E-state index contributed by atoms with van der Waals surface area (Å²) in [4.78, 5) is 11.5. The summed E-state index contributed by atoms with van der Waals surface area (Å²) in [6.45, 7) is 2.99. The van der Waals surface area contributed by atoms with Crippen LogP contribution in [0.2, 0.25) is 0 Å². The van der Waals surface area contributed by atoms with Gasteiger partial charge < -0.3 is 5.32 Å². The summed E-state index contributed by atoms with van der Waals surface area (Å²) in [5.41, 5.74) is -2.32. The monoisotopic (exact) mass is 235 g/mol. The highest BCUT2D eigenvalue weighted by molar-refractivity contribution is 5.92. The number of hydrogen-bond donors (Lipinski definition) is 1. The van der Waals surface area contributed by atoms with Gasteiger partial charge in [0.05, 0.1) is 11.0 Å². The standard InChI is InChI=1S/C11H12F3NO/c1-7(2)10(16)15-9-5-3-4-8(6-9)11(12,13)14/h3-7H,1-2H3,(H,15,16)/i3D,4D,5D,6D. The summed E-state index contributed by atoms with van der Waals surface area (Å²) >= 11 is 0. The van der Waals surface area contributed by atoms with E-state index in [0.717, 1.165) is 0 Å². The number of carbonyl (C=O) groups excluding carboxylic acids is 1. The molecule has 0 heterocycles. The molecule has 0 bridgehead atoms. The van der Waals surface area contributed by atoms with Crippen LogP contribution in [0.4, 0.5) is 18.9 Å². The van der Waals surface area contributed by atoms with E-state index in [2.05, 4.69) is 0 Å². The van der Waals surface area contributed by atoms with Gasteiger partial charge in [0.1, 0.15) is 0 Å². The topological polar surface area (TPSA) is 29.1 Å². The van der Waals surface area contributed by atoms with E-state index in [0.29, 0.717) is 0 Å². The SMILES string of the molecule is [2H]c1c([2H])c(NC(=O)C(C)C)c([2H])c(C(F)(F)F)c1[2H]. The second kappa shape index (κ2) is 4.55. The fourth-order valence-electron chi connectivity index (χ4n) is 0.816. The molecule has 0 saturated heterocycles. The van der Waals surface area contributed by atoms with Crippen molar-refractivity contribution in [3.8, 4) is 0 Å². The van der Waals surface area contributed by atoms with Gasteiger partial charge in [-0.2, -0.15) is 13.2 Å². The van der Waals surface area contributed by atoms with Gasteiger partial charge in [-0.25, -0.2) is 0 Å². The molecule has 0 spiro atoms. The minimum absolute atomic E-state index is 0.562. The van der Waals surface area contributed by atoms with Crippen LogP contribution in [0, 0.1) is 5.92 Å². The number of halogens is 3. The summed E-state index contributed by atoms with van der Waals surface area (Å²) in [7, 11) is 0. The fraction of sp³-hybridized carbons (Fsp3) is 0.364. The van der Waals surface area contributed by atoms with E-state index in [9.17, 15) is 18.0 Å². The molecule has 16 heavy (non-hydrogen) atoms. The van der Waals surface area contributed by atoms with E-state index in [-0.39, 0.29) is 0 Å². The second-order valence-corrected chi connectivity index (χ2v) is 3.39. The molecule has 0 aliphatic carbocycles. The van der Waals surface area contributed by atoms with Crippen LogP contribution in [-0.4, -0.2) is 5.91 Å². The van der Waals surface area contributed by atoms with Gasteiger partial charge >= 0.3 is 6.18 Å². The number of benzene rings is 1. The number of anilines is 1. The third kappa shape index (κ3) is 3.25. The van der Waals surface area contributed by atoms with Crippen LogP contribution < -0.4 is 5.32 Å². The van der Waals surface area contributed by atoms with Crippen LogP contribution in [-0.2, 0) is 11.0 Å². The van der Waals surface area contributed by atoms with Gasteiger partial charge in [-0.05, 0) is 18.1 Å². The lowest BCUT2D eigenvalue weighted by molar-refractivity contribution is -0.137. The average molecular weight is 235 g/mol. The lowest BCUT2D eigenvalue weighted by atomic mass is 10.1. The zero-order chi connectivity index (χ0) is 15.8. The molecule has 0 aliphatic rings. The molecule has 1 aromatic carbocycles. The molecule has 0 saturated carbocycles. The number of amides is 1. The summed E-state index contributed by atoms with van der Waals surface area (Å²) in [6, 6.07) is -4.16. The Morgan fingerprint density at radius 2 is 2.06 bits per heavy atom. The van der Waals surface area contributed by atoms with E-state index in [1.165, 1.54) is 13.8 Å². The summed E-state index contributed by atoms with van der Waals surface area (Å²) < 4.78 is 67.9. The quantitative estimate of drug-likeness (QED) is 0.837. The zero-order valence-electron chi connectivity index (χ0n) is 12.6. The van der Waals surface area contributed by atoms with Crippen molar-refractivity contribution in [3.63, 3.8) is 0 Å². The summed E-state index contributed by atoms with van der Waals surface area (Å²) in [5.74, 6) is -1.23. The second-order valence-electron chi connectivity index (χ2n) is 3.39. The lowest BCUT2D eigenvalue weighted by Crippen LogP contribution is -2.18. The van der Waals surface area contributed by atoms with Crippen molar-refractivity contribution in [1.82, 2.24) is 0 Å². The first-order valence-corrected chi connectivity index (χ1v) is 4.46. The number of nitrogens with one attached hydrogen (secondary N) is 1. The van der Waals surface area contributed by atoms with Crippen LogP contribution in [0.1, 0.15) is 24.9 Å². The van der Waals surface area contributed by atoms with Gasteiger partial charge in [0.2, 0.25) is 5.91 Å². The highest BCUT2D eigenvalue weighted by Gasteiger charge is 2.30. The third-order valence-electron chi connectivity index (χ3n) is 1.68. The van der Waals surface area contributed by atoms with Gasteiger partial charge in [-0.3, -0.25) is 4.79 Å². The van der Waals surface area contributed by atoms with Gasteiger partial charge in [-0.15, -0.1) is 0 Å². The lowest BCUT2D eigenvalue weighted by Gasteiger charge is -2.10. The molecule has 1 amide bonds. The molecular formula is C11H12F3NO. The Balaban J connectivity index is 3.54. The number of rotatable bonds is 2. The van der Waals surface area contributed by atoms with Gasteiger partial charge in [0.15, 0.2) is 0 Å². The maximum absolute atomic E-state index is 12.8. The van der Waals surface area contributed by atoms with Gasteiger partial charge in [0, 0.05) is 11.6 Å². The maximum Gasteiger partial charge on any atom is 0.416 e. The molecule has 0 unspecified atom stereocenters. The third-order valence-corrected chi connectivity index (χ3v) is 1.68. The van der Waals surface area contributed by atoms with Crippen LogP contribution in [0.15, 0.2) is 24.2 Å². The Morgan fingerprint density at radius 1 is 1.44 bits per heavy atom. The Hall–Kier alpha value is -1.52. The Morgan fingerprint density at radius 3 is 2.56 bits per heavy atom. The minimum Gasteiger partial charge on any atom is -0.326 e. The van der Waals surface area contributed by atoms with Crippen LogP contribution in [0.25, 0.3) is 0 Å². The zero-order valence-corrected chi connectivity index (χ0v) is 8.62. The van der Waals surface area contributed by atoms with E-state index in [1.54, 1.807) is 0 Å². The number of hydrogen-bond acceptors (Lipinski definition) is 1. The van der Waals surface area contributed by atoms with Crippen molar-refractivity contribution >= 4 is 11.6 Å².